The van der Waals surface area contributed by atoms with E-state index >= 15 is 0 Å². The maximum absolute atomic E-state index is 12.7. The number of likely N-dealkylation sites (tertiary alicyclic amines) is 1. The molecule has 1 atom stereocenters. The number of thiazole rings is 1. The van der Waals surface area contributed by atoms with E-state index < -0.39 is 11.9 Å². The van der Waals surface area contributed by atoms with Gasteiger partial charge in [0, 0.05) is 13.1 Å². The predicted molar refractivity (Wildman–Crippen MR) is 85.6 cm³/mol. The minimum absolute atomic E-state index is 0.138. The Balaban J connectivity index is 1.82. The Kier molecular flexibility index (Phi) is 4.21. The number of piperidine rings is 1. The highest BCUT2D eigenvalue weighted by Gasteiger charge is 2.30. The van der Waals surface area contributed by atoms with Crippen molar-refractivity contribution in [1.82, 2.24) is 9.88 Å². The number of aryl methyl sites for hydroxylation is 2. The van der Waals surface area contributed by atoms with E-state index in [2.05, 4.69) is 4.98 Å². The zero-order chi connectivity index (χ0) is 16.6. The molecule has 1 amide bonds. The van der Waals surface area contributed by atoms with Crippen LogP contribution in [0.15, 0.2) is 16.5 Å². The number of amides is 1. The molecule has 6 nitrogen and oxygen atoms in total. The van der Waals surface area contributed by atoms with Gasteiger partial charge in [-0.05, 0) is 38.8 Å². The average Bonchev–Trinajstić information content (AvgIpc) is 3.12. The smallest absolute Gasteiger partial charge is 0.308 e. The lowest BCUT2D eigenvalue weighted by molar-refractivity contribution is -0.143. The highest BCUT2D eigenvalue weighted by atomic mass is 32.1. The molecule has 0 aliphatic carbocycles. The van der Waals surface area contributed by atoms with Crippen LogP contribution in [-0.2, 0) is 4.79 Å². The number of nitrogens with zero attached hydrogens (tertiary/aromatic N) is 2. The van der Waals surface area contributed by atoms with Gasteiger partial charge in [0.05, 0.1) is 11.6 Å². The lowest BCUT2D eigenvalue weighted by Crippen LogP contribution is -2.42. The summed E-state index contributed by atoms with van der Waals surface area (Å²) in [6.07, 6.45) is 1.34. The summed E-state index contributed by atoms with van der Waals surface area (Å²) in [4.78, 5) is 30.5. The third kappa shape index (κ3) is 3.14. The van der Waals surface area contributed by atoms with Crippen LogP contribution in [0.5, 0.6) is 0 Å². The average molecular weight is 334 g/mol. The molecule has 0 bridgehead atoms. The first-order valence-electron chi connectivity index (χ1n) is 7.52. The topological polar surface area (TPSA) is 83.6 Å². The molecule has 1 fully saturated rings. The Hall–Kier alpha value is -2.15. The molecule has 1 aliphatic heterocycles. The number of carbonyl (C=O) groups excluding carboxylic acids is 1. The van der Waals surface area contributed by atoms with Gasteiger partial charge in [0.1, 0.15) is 10.6 Å². The Morgan fingerprint density at radius 2 is 2.17 bits per heavy atom. The summed E-state index contributed by atoms with van der Waals surface area (Å²) in [5.74, 6) is -0.0124. The van der Waals surface area contributed by atoms with Crippen LogP contribution < -0.4 is 0 Å². The Morgan fingerprint density at radius 3 is 2.83 bits per heavy atom. The van der Waals surface area contributed by atoms with Gasteiger partial charge in [0.25, 0.3) is 5.91 Å². The van der Waals surface area contributed by atoms with E-state index in [1.165, 1.54) is 11.3 Å². The molecule has 0 unspecified atom stereocenters. The molecule has 0 saturated carbocycles. The highest BCUT2D eigenvalue weighted by Crippen LogP contribution is 2.31. The second-order valence-electron chi connectivity index (χ2n) is 5.77. The van der Waals surface area contributed by atoms with Crippen molar-refractivity contribution in [3.63, 3.8) is 0 Å². The second kappa shape index (κ2) is 6.16. The van der Waals surface area contributed by atoms with Crippen LogP contribution in [0.3, 0.4) is 0 Å². The van der Waals surface area contributed by atoms with Gasteiger partial charge in [0.15, 0.2) is 10.8 Å². The third-order valence-corrected chi connectivity index (χ3v) is 5.16. The van der Waals surface area contributed by atoms with Gasteiger partial charge in [0.2, 0.25) is 0 Å². The summed E-state index contributed by atoms with van der Waals surface area (Å²) in [6, 6.07) is 3.69. The SMILES string of the molecule is Cc1ccc(-c2nc(C)c(C(=O)N3CCC[C@@H](C(=O)O)C3)s2)o1. The van der Waals surface area contributed by atoms with E-state index in [1.807, 2.05) is 19.1 Å². The van der Waals surface area contributed by atoms with Crippen LogP contribution in [0.2, 0.25) is 0 Å². The second-order valence-corrected chi connectivity index (χ2v) is 6.77. The van der Waals surface area contributed by atoms with Crippen LogP contribution in [0.4, 0.5) is 0 Å². The number of carboxylic acids is 1. The molecule has 1 aliphatic rings. The third-order valence-electron chi connectivity index (χ3n) is 4.00. The number of aliphatic carboxylic acids is 1. The van der Waals surface area contributed by atoms with Crippen LogP contribution in [0, 0.1) is 19.8 Å². The summed E-state index contributed by atoms with van der Waals surface area (Å²) < 4.78 is 5.56. The van der Waals surface area contributed by atoms with Crippen molar-refractivity contribution in [3.05, 3.63) is 28.5 Å². The van der Waals surface area contributed by atoms with Gasteiger partial charge in [-0.2, -0.15) is 0 Å². The van der Waals surface area contributed by atoms with E-state index in [4.69, 9.17) is 9.52 Å². The Bertz CT molecular complexity index is 749. The van der Waals surface area contributed by atoms with Crippen molar-refractivity contribution in [3.8, 4) is 10.8 Å². The highest BCUT2D eigenvalue weighted by molar-refractivity contribution is 7.17. The maximum Gasteiger partial charge on any atom is 0.308 e. The van der Waals surface area contributed by atoms with Gasteiger partial charge in [-0.3, -0.25) is 9.59 Å². The van der Waals surface area contributed by atoms with E-state index in [1.54, 1.807) is 11.8 Å². The Labute approximate surface area is 137 Å². The lowest BCUT2D eigenvalue weighted by atomic mass is 9.98. The zero-order valence-corrected chi connectivity index (χ0v) is 13.9. The Morgan fingerprint density at radius 1 is 1.39 bits per heavy atom. The molecule has 0 aromatic carbocycles. The first-order chi connectivity index (χ1) is 11.0. The summed E-state index contributed by atoms with van der Waals surface area (Å²) in [6.45, 7) is 4.51. The standard InChI is InChI=1S/C16H18N2O4S/c1-9-5-6-12(22-9)14-17-10(2)13(23-14)15(19)18-7-3-4-11(8-18)16(20)21/h5-6,11H,3-4,7-8H2,1-2H3,(H,20,21)/t11-/m1/s1. The fourth-order valence-electron chi connectivity index (χ4n) is 2.76. The van der Waals surface area contributed by atoms with Crippen LogP contribution in [-0.4, -0.2) is 40.0 Å². The van der Waals surface area contributed by atoms with Gasteiger partial charge in [-0.25, -0.2) is 4.98 Å². The molecule has 23 heavy (non-hydrogen) atoms. The fraction of sp³-hybridized carbons (Fsp3) is 0.438. The molecule has 1 N–H and O–H groups in total. The van der Waals surface area contributed by atoms with Crippen molar-refractivity contribution in [2.24, 2.45) is 5.92 Å². The van der Waals surface area contributed by atoms with Crippen LogP contribution in [0.25, 0.3) is 10.8 Å². The lowest BCUT2D eigenvalue weighted by Gasteiger charge is -2.30. The number of aromatic nitrogens is 1. The number of furan rings is 1. The molecule has 2 aromatic heterocycles. The van der Waals surface area contributed by atoms with Gasteiger partial charge < -0.3 is 14.4 Å². The van der Waals surface area contributed by atoms with E-state index in [9.17, 15) is 9.59 Å². The molecule has 7 heteroatoms. The zero-order valence-electron chi connectivity index (χ0n) is 13.0. The van der Waals surface area contributed by atoms with Crippen molar-refractivity contribution < 1.29 is 19.1 Å². The molecule has 0 spiro atoms. The van der Waals surface area contributed by atoms with Gasteiger partial charge >= 0.3 is 5.97 Å². The predicted octanol–water partition coefficient (Wildman–Crippen LogP) is 2.96. The molecular formula is C16H18N2O4S. The first kappa shape index (κ1) is 15.7. The molecule has 2 aromatic rings. The molecule has 122 valence electrons. The maximum atomic E-state index is 12.7. The molecule has 3 heterocycles. The molecule has 1 saturated heterocycles. The van der Waals surface area contributed by atoms with E-state index in [-0.39, 0.29) is 12.5 Å². The summed E-state index contributed by atoms with van der Waals surface area (Å²) in [5, 5.41) is 9.83. The number of carbonyl (C=O) groups is 2. The number of carboxylic acid groups (broad SMARTS) is 1. The van der Waals surface area contributed by atoms with Gasteiger partial charge in [-0.1, -0.05) is 0 Å². The minimum atomic E-state index is -0.838. The first-order valence-corrected chi connectivity index (χ1v) is 8.33. The fourth-order valence-corrected chi connectivity index (χ4v) is 3.75. The summed E-state index contributed by atoms with van der Waals surface area (Å²) >= 11 is 1.29. The van der Waals surface area contributed by atoms with Crippen LogP contribution >= 0.6 is 11.3 Å². The monoisotopic (exact) mass is 334 g/mol. The molecule has 3 rings (SSSR count). The minimum Gasteiger partial charge on any atom is -0.481 e. The summed E-state index contributed by atoms with van der Waals surface area (Å²) in [5.41, 5.74) is 0.654. The van der Waals surface area contributed by atoms with Crippen molar-refractivity contribution in [2.45, 2.75) is 26.7 Å². The number of rotatable bonds is 3. The largest absolute Gasteiger partial charge is 0.481 e. The molecule has 0 radical (unpaired) electrons. The number of hydrogen-bond donors (Lipinski definition) is 1. The van der Waals surface area contributed by atoms with Crippen molar-refractivity contribution in [2.75, 3.05) is 13.1 Å². The van der Waals surface area contributed by atoms with E-state index in [0.29, 0.717) is 40.7 Å². The van der Waals surface area contributed by atoms with Crippen LogP contribution in [0.1, 0.15) is 34.0 Å². The van der Waals surface area contributed by atoms with Crippen molar-refractivity contribution in [1.29, 1.82) is 0 Å². The quantitative estimate of drug-likeness (QED) is 0.933. The van der Waals surface area contributed by atoms with Gasteiger partial charge in [-0.15, -0.1) is 11.3 Å². The number of hydrogen-bond acceptors (Lipinski definition) is 5. The normalized spacial score (nSPS) is 18.2. The van der Waals surface area contributed by atoms with E-state index in [0.717, 1.165) is 5.76 Å². The molecular weight excluding hydrogens is 316 g/mol. The van der Waals surface area contributed by atoms with Crippen molar-refractivity contribution >= 4 is 23.2 Å². The summed E-state index contributed by atoms with van der Waals surface area (Å²) in [7, 11) is 0.